The van der Waals surface area contributed by atoms with Crippen molar-refractivity contribution in [3.63, 3.8) is 0 Å². The van der Waals surface area contributed by atoms with Crippen molar-refractivity contribution in [1.82, 2.24) is 10.3 Å². The SMILES string of the molecule is CCOc1ccc(CC(CNC(=O)Nc2ccccn2)C(N)=O)cc1. The molecule has 1 atom stereocenters. The number of carbonyl (C=O) groups is 2. The number of ether oxygens (including phenoxy) is 1. The van der Waals surface area contributed by atoms with E-state index in [1.165, 1.54) is 0 Å². The Bertz CT molecular complexity index is 689. The van der Waals surface area contributed by atoms with Gasteiger partial charge in [-0.2, -0.15) is 0 Å². The monoisotopic (exact) mass is 342 g/mol. The van der Waals surface area contributed by atoms with Gasteiger partial charge in [0.1, 0.15) is 11.6 Å². The molecule has 2 aromatic rings. The highest BCUT2D eigenvalue weighted by atomic mass is 16.5. The molecular formula is C18H22N4O3. The fourth-order valence-electron chi connectivity index (χ4n) is 2.26. The lowest BCUT2D eigenvalue weighted by molar-refractivity contribution is -0.121. The summed E-state index contributed by atoms with van der Waals surface area (Å²) >= 11 is 0. The van der Waals surface area contributed by atoms with Crippen LogP contribution in [-0.2, 0) is 11.2 Å². The quantitative estimate of drug-likeness (QED) is 0.681. The van der Waals surface area contributed by atoms with E-state index >= 15 is 0 Å². The predicted molar refractivity (Wildman–Crippen MR) is 95.3 cm³/mol. The molecule has 4 N–H and O–H groups in total. The topological polar surface area (TPSA) is 106 Å². The summed E-state index contributed by atoms with van der Waals surface area (Å²) in [4.78, 5) is 27.5. The number of nitrogens with zero attached hydrogens (tertiary/aromatic N) is 1. The molecule has 2 rings (SSSR count). The molecule has 3 amide bonds. The second kappa shape index (κ2) is 9.27. The summed E-state index contributed by atoms with van der Waals surface area (Å²) in [5, 5.41) is 5.24. The van der Waals surface area contributed by atoms with Crippen molar-refractivity contribution in [2.24, 2.45) is 11.7 Å². The highest BCUT2D eigenvalue weighted by molar-refractivity contribution is 5.88. The highest BCUT2D eigenvalue weighted by Crippen LogP contribution is 2.15. The summed E-state index contributed by atoms with van der Waals surface area (Å²) < 4.78 is 5.39. The maximum atomic E-state index is 11.9. The number of urea groups is 1. The number of pyridine rings is 1. The van der Waals surface area contributed by atoms with Crippen molar-refractivity contribution in [3.8, 4) is 5.75 Å². The molecule has 132 valence electrons. The van der Waals surface area contributed by atoms with Gasteiger partial charge in [0.15, 0.2) is 0 Å². The van der Waals surface area contributed by atoms with E-state index in [1.807, 2.05) is 31.2 Å². The van der Waals surface area contributed by atoms with Crippen molar-refractivity contribution in [2.45, 2.75) is 13.3 Å². The Labute approximate surface area is 146 Å². The lowest BCUT2D eigenvalue weighted by Gasteiger charge is -2.15. The Balaban J connectivity index is 1.87. The summed E-state index contributed by atoms with van der Waals surface area (Å²) in [6, 6.07) is 12.2. The van der Waals surface area contributed by atoms with Crippen LogP contribution in [0.25, 0.3) is 0 Å². The van der Waals surface area contributed by atoms with Gasteiger partial charge in [0.25, 0.3) is 0 Å². The number of nitrogens with one attached hydrogen (secondary N) is 2. The number of aromatic nitrogens is 1. The fraction of sp³-hybridized carbons (Fsp3) is 0.278. The minimum absolute atomic E-state index is 0.140. The first-order chi connectivity index (χ1) is 12.1. The molecule has 1 heterocycles. The van der Waals surface area contributed by atoms with E-state index in [-0.39, 0.29) is 6.54 Å². The summed E-state index contributed by atoms with van der Waals surface area (Å²) in [6.45, 7) is 2.65. The van der Waals surface area contributed by atoms with Crippen molar-refractivity contribution >= 4 is 17.8 Å². The molecule has 1 unspecified atom stereocenters. The van der Waals surface area contributed by atoms with E-state index < -0.39 is 17.9 Å². The number of anilines is 1. The summed E-state index contributed by atoms with van der Waals surface area (Å²) in [5.74, 6) is 0.233. The van der Waals surface area contributed by atoms with Gasteiger partial charge in [-0.25, -0.2) is 9.78 Å². The Hall–Kier alpha value is -3.09. The lowest BCUT2D eigenvalue weighted by Crippen LogP contribution is -2.39. The molecule has 0 fully saturated rings. The minimum Gasteiger partial charge on any atom is -0.494 e. The Morgan fingerprint density at radius 2 is 1.96 bits per heavy atom. The van der Waals surface area contributed by atoms with E-state index in [0.29, 0.717) is 18.8 Å². The van der Waals surface area contributed by atoms with Crippen LogP contribution in [0.1, 0.15) is 12.5 Å². The van der Waals surface area contributed by atoms with Gasteiger partial charge < -0.3 is 15.8 Å². The number of benzene rings is 1. The zero-order chi connectivity index (χ0) is 18.1. The second-order valence-electron chi connectivity index (χ2n) is 5.43. The van der Waals surface area contributed by atoms with Crippen molar-refractivity contribution in [1.29, 1.82) is 0 Å². The number of primary amides is 1. The third-order valence-corrected chi connectivity index (χ3v) is 3.53. The molecule has 0 saturated heterocycles. The first-order valence-corrected chi connectivity index (χ1v) is 8.05. The molecule has 7 heteroatoms. The summed E-state index contributed by atoms with van der Waals surface area (Å²) in [6.07, 6.45) is 2.01. The first-order valence-electron chi connectivity index (χ1n) is 8.05. The Kier molecular flexibility index (Phi) is 6.76. The largest absolute Gasteiger partial charge is 0.494 e. The van der Waals surface area contributed by atoms with Crippen molar-refractivity contribution in [2.75, 3.05) is 18.5 Å². The first kappa shape index (κ1) is 18.3. The maximum absolute atomic E-state index is 11.9. The minimum atomic E-state index is -0.507. The standard InChI is InChI=1S/C18H22N4O3/c1-2-25-15-8-6-13(7-9-15)11-14(17(19)23)12-21-18(24)22-16-5-3-4-10-20-16/h3-10,14H,2,11-12H2,1H3,(H2,19,23)(H2,20,21,22,24). The van der Waals surface area contributed by atoms with Gasteiger partial charge in [-0.15, -0.1) is 0 Å². The van der Waals surface area contributed by atoms with Crippen LogP contribution in [0.4, 0.5) is 10.6 Å². The predicted octanol–water partition coefficient (Wildman–Crippen LogP) is 1.95. The third kappa shape index (κ3) is 6.14. The number of hydrogen-bond donors (Lipinski definition) is 3. The zero-order valence-electron chi connectivity index (χ0n) is 14.1. The van der Waals surface area contributed by atoms with Crippen LogP contribution in [-0.4, -0.2) is 30.1 Å². The summed E-state index contributed by atoms with van der Waals surface area (Å²) in [5.41, 5.74) is 6.40. The number of carbonyl (C=O) groups excluding carboxylic acids is 2. The van der Waals surface area contributed by atoms with E-state index in [9.17, 15) is 9.59 Å². The van der Waals surface area contributed by atoms with E-state index in [2.05, 4.69) is 15.6 Å². The third-order valence-electron chi connectivity index (χ3n) is 3.53. The zero-order valence-corrected chi connectivity index (χ0v) is 14.1. The van der Waals surface area contributed by atoms with Crippen molar-refractivity contribution in [3.05, 3.63) is 54.2 Å². The molecule has 0 saturated carbocycles. The molecular weight excluding hydrogens is 320 g/mol. The second-order valence-corrected chi connectivity index (χ2v) is 5.43. The number of amides is 3. The molecule has 25 heavy (non-hydrogen) atoms. The Morgan fingerprint density at radius 3 is 2.56 bits per heavy atom. The lowest BCUT2D eigenvalue weighted by atomic mass is 9.98. The number of rotatable bonds is 8. The van der Waals surface area contributed by atoms with Crippen LogP contribution in [0.2, 0.25) is 0 Å². The van der Waals surface area contributed by atoms with Crippen LogP contribution >= 0.6 is 0 Å². The molecule has 1 aromatic carbocycles. The molecule has 0 bridgehead atoms. The number of nitrogens with two attached hydrogens (primary N) is 1. The molecule has 1 aromatic heterocycles. The average Bonchev–Trinajstić information content (AvgIpc) is 2.61. The van der Waals surface area contributed by atoms with Gasteiger partial charge in [-0.05, 0) is 43.2 Å². The smallest absolute Gasteiger partial charge is 0.320 e. The number of hydrogen-bond acceptors (Lipinski definition) is 4. The van der Waals surface area contributed by atoms with Gasteiger partial charge in [0.2, 0.25) is 5.91 Å². The molecule has 0 aliphatic rings. The normalized spacial score (nSPS) is 11.4. The van der Waals surface area contributed by atoms with Crippen LogP contribution in [0.3, 0.4) is 0 Å². The van der Waals surface area contributed by atoms with Gasteiger partial charge in [-0.3, -0.25) is 10.1 Å². The van der Waals surface area contributed by atoms with E-state index in [0.717, 1.165) is 11.3 Å². The maximum Gasteiger partial charge on any atom is 0.320 e. The van der Waals surface area contributed by atoms with Gasteiger partial charge >= 0.3 is 6.03 Å². The van der Waals surface area contributed by atoms with Gasteiger partial charge in [0, 0.05) is 12.7 Å². The molecule has 0 radical (unpaired) electrons. The molecule has 0 aliphatic carbocycles. The van der Waals surface area contributed by atoms with E-state index in [1.54, 1.807) is 24.4 Å². The fourth-order valence-corrected chi connectivity index (χ4v) is 2.26. The average molecular weight is 342 g/mol. The van der Waals surface area contributed by atoms with Gasteiger partial charge in [0.05, 0.1) is 12.5 Å². The molecule has 0 aliphatic heterocycles. The Morgan fingerprint density at radius 1 is 1.20 bits per heavy atom. The molecule has 7 nitrogen and oxygen atoms in total. The van der Waals surface area contributed by atoms with Crippen LogP contribution in [0, 0.1) is 5.92 Å². The highest BCUT2D eigenvalue weighted by Gasteiger charge is 2.17. The van der Waals surface area contributed by atoms with Crippen LogP contribution < -0.4 is 21.1 Å². The van der Waals surface area contributed by atoms with Crippen LogP contribution in [0.5, 0.6) is 5.75 Å². The van der Waals surface area contributed by atoms with Gasteiger partial charge in [-0.1, -0.05) is 18.2 Å². The molecule has 0 spiro atoms. The van der Waals surface area contributed by atoms with E-state index in [4.69, 9.17) is 10.5 Å². The van der Waals surface area contributed by atoms with Crippen LogP contribution in [0.15, 0.2) is 48.7 Å². The van der Waals surface area contributed by atoms with Crippen molar-refractivity contribution < 1.29 is 14.3 Å². The summed E-state index contributed by atoms with van der Waals surface area (Å²) in [7, 11) is 0.